The van der Waals surface area contributed by atoms with Gasteiger partial charge in [0, 0.05) is 24.7 Å². The molecule has 1 N–H and O–H groups in total. The predicted octanol–water partition coefficient (Wildman–Crippen LogP) is 3.94. The van der Waals surface area contributed by atoms with Crippen LogP contribution in [0.2, 0.25) is 0 Å². The first-order valence-corrected chi connectivity index (χ1v) is 8.62. The first-order valence-electron chi connectivity index (χ1n) is 6.82. The Balaban J connectivity index is 2.12. The molecule has 21 heavy (non-hydrogen) atoms. The van der Waals surface area contributed by atoms with Gasteiger partial charge >= 0.3 is 0 Å². The van der Waals surface area contributed by atoms with Crippen LogP contribution in [0.25, 0.3) is 0 Å². The van der Waals surface area contributed by atoms with E-state index in [4.69, 9.17) is 4.74 Å². The second kappa shape index (κ2) is 7.56. The zero-order chi connectivity index (χ0) is 15.2. The molecule has 0 amide bonds. The maximum Gasteiger partial charge on any atom is 0.231 e. The van der Waals surface area contributed by atoms with Gasteiger partial charge in [-0.2, -0.15) is 4.98 Å². The summed E-state index contributed by atoms with van der Waals surface area (Å²) in [7, 11) is 5.64. The van der Waals surface area contributed by atoms with E-state index in [2.05, 4.69) is 41.5 Å². The molecular weight excluding hydrogens is 302 g/mol. The lowest BCUT2D eigenvalue weighted by Crippen LogP contribution is -2.07. The van der Waals surface area contributed by atoms with Crippen molar-refractivity contribution < 1.29 is 4.74 Å². The van der Waals surface area contributed by atoms with Crippen LogP contribution in [0.1, 0.15) is 11.8 Å². The first-order chi connectivity index (χ1) is 10.2. The number of hydrogen-bond acceptors (Lipinski definition) is 6. The summed E-state index contributed by atoms with van der Waals surface area (Å²) in [6.07, 6.45) is 0. The fourth-order valence-corrected chi connectivity index (χ4v) is 3.53. The third kappa shape index (κ3) is 4.04. The lowest BCUT2D eigenvalue weighted by atomic mass is 10.3. The van der Waals surface area contributed by atoms with Gasteiger partial charge in [0.2, 0.25) is 5.88 Å². The smallest absolute Gasteiger partial charge is 0.231 e. The van der Waals surface area contributed by atoms with Gasteiger partial charge in [0.05, 0.1) is 18.5 Å². The van der Waals surface area contributed by atoms with Crippen molar-refractivity contribution in [2.45, 2.75) is 18.4 Å². The van der Waals surface area contributed by atoms with Crippen molar-refractivity contribution >= 4 is 33.9 Å². The number of nitrogens with zero attached hydrogens (tertiary/aromatic N) is 2. The van der Waals surface area contributed by atoms with Crippen molar-refractivity contribution in [1.29, 1.82) is 0 Å². The number of nitrogens with one attached hydrogen (secondary N) is 1. The molecule has 1 heterocycles. The minimum atomic E-state index is 0.705. The molecule has 0 spiro atoms. The topological polar surface area (TPSA) is 37.4 Å². The Morgan fingerprint density at radius 3 is 2.76 bits per heavy atom. The van der Waals surface area contributed by atoms with Crippen LogP contribution in [-0.4, -0.2) is 31.9 Å². The van der Waals surface area contributed by atoms with Crippen LogP contribution >= 0.6 is 23.1 Å². The second-order valence-electron chi connectivity index (χ2n) is 4.61. The summed E-state index contributed by atoms with van der Waals surface area (Å²) in [5.74, 6) is 1.77. The van der Waals surface area contributed by atoms with Crippen LogP contribution in [-0.2, 0) is 6.54 Å². The molecule has 0 atom stereocenters. The van der Waals surface area contributed by atoms with Crippen molar-refractivity contribution in [1.82, 2.24) is 4.98 Å². The van der Waals surface area contributed by atoms with Crippen molar-refractivity contribution in [3.8, 4) is 5.88 Å². The van der Waals surface area contributed by atoms with Gasteiger partial charge in [-0.15, -0.1) is 11.8 Å². The number of thioether (sulfide) groups is 1. The Labute approximate surface area is 134 Å². The summed E-state index contributed by atoms with van der Waals surface area (Å²) in [5.41, 5.74) is 1.16. The van der Waals surface area contributed by atoms with Gasteiger partial charge in [0.25, 0.3) is 0 Å². The molecule has 0 fully saturated rings. The van der Waals surface area contributed by atoms with E-state index in [-0.39, 0.29) is 0 Å². The van der Waals surface area contributed by atoms with Crippen molar-refractivity contribution in [3.63, 3.8) is 0 Å². The lowest BCUT2D eigenvalue weighted by molar-refractivity contribution is 0.397. The summed E-state index contributed by atoms with van der Waals surface area (Å²) in [5, 5.41) is 4.45. The summed E-state index contributed by atoms with van der Waals surface area (Å²) >= 11 is 3.49. The van der Waals surface area contributed by atoms with Crippen LogP contribution in [0.15, 0.2) is 29.2 Å². The summed E-state index contributed by atoms with van der Waals surface area (Å²) in [6.45, 7) is 2.88. The molecule has 1 aromatic heterocycles. The molecule has 1 aromatic carbocycles. The van der Waals surface area contributed by atoms with E-state index in [9.17, 15) is 0 Å². The van der Waals surface area contributed by atoms with Crippen molar-refractivity contribution in [2.24, 2.45) is 0 Å². The van der Waals surface area contributed by atoms with E-state index in [0.29, 0.717) is 5.88 Å². The fourth-order valence-electron chi connectivity index (χ4n) is 1.86. The van der Waals surface area contributed by atoms with E-state index in [1.165, 1.54) is 4.90 Å². The highest BCUT2D eigenvalue weighted by atomic mass is 32.2. The molecule has 0 unspecified atom stereocenters. The Morgan fingerprint density at radius 2 is 2.10 bits per heavy atom. The van der Waals surface area contributed by atoms with Crippen molar-refractivity contribution in [3.05, 3.63) is 29.1 Å². The number of para-hydroxylation sites is 1. The van der Waals surface area contributed by atoms with Gasteiger partial charge in [0.15, 0.2) is 5.13 Å². The molecule has 2 aromatic rings. The van der Waals surface area contributed by atoms with Crippen LogP contribution in [0.5, 0.6) is 5.88 Å². The number of hydrogen-bond donors (Lipinski definition) is 1. The zero-order valence-electron chi connectivity index (χ0n) is 12.8. The van der Waals surface area contributed by atoms with Crippen LogP contribution in [0.4, 0.5) is 10.8 Å². The molecule has 2 rings (SSSR count). The number of benzene rings is 1. The average Bonchev–Trinajstić information content (AvgIpc) is 2.90. The Morgan fingerprint density at radius 1 is 1.33 bits per heavy atom. The minimum absolute atomic E-state index is 0.705. The third-order valence-corrected chi connectivity index (χ3v) is 5.01. The molecular formula is C15H21N3OS2. The number of anilines is 2. The van der Waals surface area contributed by atoms with Crippen LogP contribution in [0.3, 0.4) is 0 Å². The number of rotatable bonds is 7. The highest BCUT2D eigenvalue weighted by Crippen LogP contribution is 2.32. The molecule has 4 nitrogen and oxygen atoms in total. The molecule has 6 heteroatoms. The molecule has 0 aliphatic heterocycles. The molecule has 0 saturated carbocycles. The third-order valence-electron chi connectivity index (χ3n) is 2.85. The summed E-state index contributed by atoms with van der Waals surface area (Å²) in [4.78, 5) is 8.86. The van der Waals surface area contributed by atoms with Gasteiger partial charge < -0.3 is 15.0 Å². The maximum absolute atomic E-state index is 5.37. The van der Waals surface area contributed by atoms with Gasteiger partial charge in [-0.05, 0) is 17.9 Å². The van der Waals surface area contributed by atoms with E-state index in [0.717, 1.165) is 28.0 Å². The standard InChI is InChI=1S/C15H21N3OS2/c1-5-20-12-9-7-6-8-11(12)16-10-13-14(19-4)17-15(21-13)18(2)3/h6-9,16H,5,10H2,1-4H3. The number of thiazole rings is 1. The van der Waals surface area contributed by atoms with Gasteiger partial charge in [-0.1, -0.05) is 30.4 Å². The van der Waals surface area contributed by atoms with E-state index in [1.807, 2.05) is 30.8 Å². The Bertz CT molecular complexity index is 584. The molecule has 0 radical (unpaired) electrons. The lowest BCUT2D eigenvalue weighted by Gasteiger charge is -2.10. The monoisotopic (exact) mass is 323 g/mol. The second-order valence-corrected chi connectivity index (χ2v) is 6.97. The maximum atomic E-state index is 5.37. The molecule has 0 bridgehead atoms. The number of ether oxygens (including phenoxy) is 1. The molecule has 0 aliphatic rings. The SMILES string of the molecule is CCSc1ccccc1NCc1sc(N(C)C)nc1OC. The predicted molar refractivity (Wildman–Crippen MR) is 93.2 cm³/mol. The largest absolute Gasteiger partial charge is 0.480 e. The quantitative estimate of drug-likeness (QED) is 0.781. The van der Waals surface area contributed by atoms with Crippen molar-refractivity contribution in [2.75, 3.05) is 37.2 Å². The Hall–Kier alpha value is -1.40. The summed E-state index contributed by atoms with van der Waals surface area (Å²) < 4.78 is 5.37. The average molecular weight is 323 g/mol. The highest BCUT2D eigenvalue weighted by Gasteiger charge is 2.13. The van der Waals surface area contributed by atoms with Gasteiger partial charge in [-0.3, -0.25) is 0 Å². The van der Waals surface area contributed by atoms with E-state index < -0.39 is 0 Å². The van der Waals surface area contributed by atoms with Gasteiger partial charge in [-0.25, -0.2) is 0 Å². The number of methoxy groups -OCH3 is 1. The van der Waals surface area contributed by atoms with Crippen LogP contribution < -0.4 is 15.0 Å². The van der Waals surface area contributed by atoms with Gasteiger partial charge in [0.1, 0.15) is 0 Å². The Kier molecular flexibility index (Phi) is 5.76. The summed E-state index contributed by atoms with van der Waals surface area (Å²) in [6, 6.07) is 8.38. The first kappa shape index (κ1) is 16.0. The fraction of sp³-hybridized carbons (Fsp3) is 0.400. The molecule has 0 saturated heterocycles. The van der Waals surface area contributed by atoms with Crippen LogP contribution in [0, 0.1) is 0 Å². The molecule has 0 aliphatic carbocycles. The number of aromatic nitrogens is 1. The highest BCUT2D eigenvalue weighted by molar-refractivity contribution is 7.99. The van der Waals surface area contributed by atoms with E-state index in [1.54, 1.807) is 18.4 Å². The normalized spacial score (nSPS) is 10.5. The zero-order valence-corrected chi connectivity index (χ0v) is 14.5. The minimum Gasteiger partial charge on any atom is -0.480 e. The van der Waals surface area contributed by atoms with E-state index >= 15 is 0 Å². The molecule has 114 valence electrons.